The molecule has 2 unspecified atom stereocenters. The lowest BCUT2D eigenvalue weighted by Gasteiger charge is -2.31. The van der Waals surface area contributed by atoms with Gasteiger partial charge in [-0.2, -0.15) is 13.2 Å². The number of phenolic OH excluding ortho intramolecular Hbond substituents is 1. The van der Waals surface area contributed by atoms with E-state index in [9.17, 15) is 23.1 Å². The number of rotatable bonds is 2. The van der Waals surface area contributed by atoms with Gasteiger partial charge in [-0.05, 0) is 37.5 Å². The Morgan fingerprint density at radius 3 is 2.67 bits per heavy atom. The van der Waals surface area contributed by atoms with E-state index in [0.29, 0.717) is 12.8 Å². The number of hydrogen-bond acceptors (Lipinski definition) is 2. The quantitative estimate of drug-likeness (QED) is 0.868. The molecule has 0 heterocycles. The third-order valence-corrected chi connectivity index (χ3v) is 3.98. The molecule has 0 radical (unpaired) electrons. The third kappa shape index (κ3) is 4.03. The van der Waals surface area contributed by atoms with Crippen LogP contribution in [0.15, 0.2) is 18.2 Å². The molecule has 1 saturated carbocycles. The first-order valence-electron chi connectivity index (χ1n) is 6.63. The van der Waals surface area contributed by atoms with Gasteiger partial charge in [-0.1, -0.05) is 18.0 Å². The van der Waals surface area contributed by atoms with Crippen LogP contribution in [0.1, 0.15) is 36.0 Å². The van der Waals surface area contributed by atoms with Gasteiger partial charge in [-0.3, -0.25) is 4.79 Å². The van der Waals surface area contributed by atoms with E-state index in [4.69, 9.17) is 11.6 Å². The summed E-state index contributed by atoms with van der Waals surface area (Å²) in [5, 5.41) is 11.9. The molecule has 0 aromatic heterocycles. The maximum atomic E-state index is 12.7. The van der Waals surface area contributed by atoms with Crippen LogP contribution in [0.3, 0.4) is 0 Å². The number of aromatic hydroxyl groups is 1. The van der Waals surface area contributed by atoms with Crippen LogP contribution in [0.2, 0.25) is 5.02 Å². The number of alkyl halides is 3. The number of carbonyl (C=O) groups excluding carboxylic acids is 1. The minimum absolute atomic E-state index is 0.0273. The molecule has 2 atom stereocenters. The number of amides is 1. The molecule has 2 rings (SSSR count). The summed E-state index contributed by atoms with van der Waals surface area (Å²) < 4.78 is 38.1. The van der Waals surface area contributed by atoms with E-state index in [-0.39, 0.29) is 29.2 Å². The smallest absolute Gasteiger partial charge is 0.391 e. The number of carbonyl (C=O) groups is 1. The SMILES string of the molecule is O=C(NC1CCCC(C(F)(F)F)C1)c1ccc(O)c(Cl)c1. The Bertz CT molecular complexity index is 533. The minimum Gasteiger partial charge on any atom is -0.506 e. The molecule has 0 aliphatic heterocycles. The van der Waals surface area contributed by atoms with Crippen molar-refractivity contribution >= 4 is 17.5 Å². The number of phenols is 1. The highest BCUT2D eigenvalue weighted by atomic mass is 35.5. The van der Waals surface area contributed by atoms with Crippen LogP contribution in [0.25, 0.3) is 0 Å². The van der Waals surface area contributed by atoms with Crippen molar-refractivity contribution in [2.24, 2.45) is 5.92 Å². The normalized spacial score (nSPS) is 22.9. The Hall–Kier alpha value is -1.43. The van der Waals surface area contributed by atoms with E-state index >= 15 is 0 Å². The van der Waals surface area contributed by atoms with Crippen molar-refractivity contribution in [2.75, 3.05) is 0 Å². The fraction of sp³-hybridized carbons (Fsp3) is 0.500. The van der Waals surface area contributed by atoms with Gasteiger partial charge in [0.05, 0.1) is 10.9 Å². The average molecular weight is 322 g/mol. The second kappa shape index (κ2) is 6.13. The summed E-state index contributed by atoms with van der Waals surface area (Å²) in [7, 11) is 0. The van der Waals surface area contributed by atoms with Crippen LogP contribution in [-0.4, -0.2) is 23.2 Å². The maximum Gasteiger partial charge on any atom is 0.391 e. The molecule has 0 spiro atoms. The first-order valence-corrected chi connectivity index (χ1v) is 7.01. The number of halogens is 4. The van der Waals surface area contributed by atoms with Crippen LogP contribution in [0.4, 0.5) is 13.2 Å². The Labute approximate surface area is 125 Å². The number of benzene rings is 1. The van der Waals surface area contributed by atoms with Crippen LogP contribution < -0.4 is 5.32 Å². The van der Waals surface area contributed by atoms with Crippen LogP contribution >= 0.6 is 11.6 Å². The van der Waals surface area contributed by atoms with Crippen molar-refractivity contribution in [1.29, 1.82) is 0 Å². The molecule has 1 fully saturated rings. The largest absolute Gasteiger partial charge is 0.506 e. The number of nitrogens with one attached hydrogen (secondary N) is 1. The predicted molar refractivity (Wildman–Crippen MR) is 72.4 cm³/mol. The topological polar surface area (TPSA) is 49.3 Å². The Morgan fingerprint density at radius 1 is 1.33 bits per heavy atom. The second-order valence-electron chi connectivity index (χ2n) is 5.24. The molecule has 21 heavy (non-hydrogen) atoms. The molecule has 1 amide bonds. The summed E-state index contributed by atoms with van der Waals surface area (Å²) in [6, 6.07) is 3.44. The highest BCUT2D eigenvalue weighted by Gasteiger charge is 2.42. The molecule has 3 nitrogen and oxygen atoms in total. The molecule has 116 valence electrons. The zero-order chi connectivity index (χ0) is 15.6. The van der Waals surface area contributed by atoms with Crippen LogP contribution in [0.5, 0.6) is 5.75 Å². The summed E-state index contributed by atoms with van der Waals surface area (Å²) in [6.45, 7) is 0. The molecule has 0 bridgehead atoms. The minimum atomic E-state index is -4.22. The zero-order valence-electron chi connectivity index (χ0n) is 11.1. The molecule has 0 saturated heterocycles. The van der Waals surface area contributed by atoms with Gasteiger partial charge in [-0.15, -0.1) is 0 Å². The van der Waals surface area contributed by atoms with Crippen molar-refractivity contribution in [3.8, 4) is 5.75 Å². The maximum absolute atomic E-state index is 12.7. The molecule has 1 aromatic rings. The van der Waals surface area contributed by atoms with E-state index in [1.807, 2.05) is 0 Å². The zero-order valence-corrected chi connectivity index (χ0v) is 11.8. The molecule has 7 heteroatoms. The highest BCUT2D eigenvalue weighted by Crippen LogP contribution is 2.37. The predicted octanol–water partition coefficient (Wildman–Crippen LogP) is 3.90. The van der Waals surface area contributed by atoms with Crippen molar-refractivity contribution in [2.45, 2.75) is 37.9 Å². The van der Waals surface area contributed by atoms with Gasteiger partial charge in [0.15, 0.2) is 0 Å². The lowest BCUT2D eigenvalue weighted by atomic mass is 9.85. The van der Waals surface area contributed by atoms with E-state index in [0.717, 1.165) is 0 Å². The lowest BCUT2D eigenvalue weighted by Crippen LogP contribution is -2.41. The van der Waals surface area contributed by atoms with Crippen LogP contribution in [-0.2, 0) is 0 Å². The summed E-state index contributed by atoms with van der Waals surface area (Å²) in [5.74, 6) is -1.99. The van der Waals surface area contributed by atoms with Gasteiger partial charge in [-0.25, -0.2) is 0 Å². The van der Waals surface area contributed by atoms with E-state index in [1.54, 1.807) is 0 Å². The summed E-state index contributed by atoms with van der Waals surface area (Å²) >= 11 is 5.70. The molecular weight excluding hydrogens is 307 g/mol. The Morgan fingerprint density at radius 2 is 2.05 bits per heavy atom. The Balaban J connectivity index is 2.00. The summed E-state index contributed by atoms with van der Waals surface area (Å²) in [4.78, 5) is 12.0. The second-order valence-corrected chi connectivity index (χ2v) is 5.65. The van der Waals surface area contributed by atoms with Crippen molar-refractivity contribution < 1.29 is 23.1 Å². The van der Waals surface area contributed by atoms with Gasteiger partial charge >= 0.3 is 6.18 Å². The van der Waals surface area contributed by atoms with E-state index in [2.05, 4.69) is 5.32 Å². The molecule has 1 aromatic carbocycles. The first-order chi connectivity index (χ1) is 9.77. The molecule has 1 aliphatic carbocycles. The van der Waals surface area contributed by atoms with Gasteiger partial charge in [0.25, 0.3) is 5.91 Å². The lowest BCUT2D eigenvalue weighted by molar-refractivity contribution is -0.183. The Kier molecular flexibility index (Phi) is 4.66. The van der Waals surface area contributed by atoms with Crippen molar-refractivity contribution in [3.63, 3.8) is 0 Å². The summed E-state index contributed by atoms with van der Waals surface area (Å²) in [6.07, 6.45) is -3.23. The molecule has 1 aliphatic rings. The van der Waals surface area contributed by atoms with E-state index in [1.165, 1.54) is 18.2 Å². The van der Waals surface area contributed by atoms with Gasteiger partial charge in [0.2, 0.25) is 0 Å². The molecular formula is C14H15ClF3NO2. The van der Waals surface area contributed by atoms with Crippen molar-refractivity contribution in [1.82, 2.24) is 5.32 Å². The number of hydrogen-bond donors (Lipinski definition) is 2. The van der Waals surface area contributed by atoms with Crippen molar-refractivity contribution in [3.05, 3.63) is 28.8 Å². The fourth-order valence-electron chi connectivity index (χ4n) is 2.54. The molecule has 2 N–H and O–H groups in total. The van der Waals surface area contributed by atoms with Gasteiger partial charge < -0.3 is 10.4 Å². The van der Waals surface area contributed by atoms with E-state index < -0.39 is 24.0 Å². The highest BCUT2D eigenvalue weighted by molar-refractivity contribution is 6.32. The fourth-order valence-corrected chi connectivity index (χ4v) is 2.72. The monoisotopic (exact) mass is 321 g/mol. The average Bonchev–Trinajstić information content (AvgIpc) is 2.41. The van der Waals surface area contributed by atoms with Gasteiger partial charge in [0, 0.05) is 11.6 Å². The van der Waals surface area contributed by atoms with Gasteiger partial charge in [0.1, 0.15) is 5.75 Å². The van der Waals surface area contributed by atoms with Crippen LogP contribution in [0, 0.1) is 5.92 Å². The summed E-state index contributed by atoms with van der Waals surface area (Å²) in [5.41, 5.74) is 0.215. The first kappa shape index (κ1) is 15.9. The third-order valence-electron chi connectivity index (χ3n) is 3.68. The standard InChI is InChI=1S/C14H15ClF3NO2/c15-11-6-8(4-5-12(11)20)13(21)19-10-3-1-2-9(7-10)14(16,17)18/h4-6,9-10,20H,1-3,7H2,(H,19,21).